The molecule has 0 bridgehead atoms. The van der Waals surface area contributed by atoms with Crippen LogP contribution in [0.1, 0.15) is 30.5 Å². The molecule has 0 aliphatic heterocycles. The van der Waals surface area contributed by atoms with Gasteiger partial charge < -0.3 is 22.1 Å². The molecular weight excluding hydrogens is 856 g/mol. The van der Waals surface area contributed by atoms with Gasteiger partial charge in [0.15, 0.2) is 0 Å². The Morgan fingerprint density at radius 2 is 1.09 bits per heavy atom. The molecule has 0 aliphatic carbocycles. The minimum Gasteiger partial charge on any atom is -0.347 e. The van der Waals surface area contributed by atoms with Crippen LogP contribution in [-0.4, -0.2) is 56.5 Å². The van der Waals surface area contributed by atoms with E-state index in [0.717, 1.165) is 33.8 Å². The number of carbonyl (C=O) groups is 2. The van der Waals surface area contributed by atoms with Gasteiger partial charge in [0.05, 0.1) is 43.6 Å². The van der Waals surface area contributed by atoms with Gasteiger partial charge in [0, 0.05) is 50.4 Å². The van der Waals surface area contributed by atoms with Crippen molar-refractivity contribution in [3.8, 4) is 22.5 Å². The highest BCUT2D eigenvalue weighted by Crippen LogP contribution is 2.40. The summed E-state index contributed by atoms with van der Waals surface area (Å²) in [5.74, 6) is -1.23. The highest BCUT2D eigenvalue weighted by Gasteiger charge is 2.23. The van der Waals surface area contributed by atoms with Crippen molar-refractivity contribution in [2.24, 2.45) is 25.6 Å². The van der Waals surface area contributed by atoms with Gasteiger partial charge in [-0.1, -0.05) is 70.7 Å². The van der Waals surface area contributed by atoms with E-state index >= 15 is 0 Å². The lowest BCUT2D eigenvalue weighted by Gasteiger charge is -2.16. The number of nitrogens with two attached hydrogens (primary N) is 2. The van der Waals surface area contributed by atoms with Crippen molar-refractivity contribution in [1.29, 1.82) is 0 Å². The van der Waals surface area contributed by atoms with Crippen molar-refractivity contribution in [2.45, 2.75) is 24.9 Å². The molecule has 292 valence electrons. The summed E-state index contributed by atoms with van der Waals surface area (Å²) in [4.78, 5) is 26.1. The summed E-state index contributed by atoms with van der Waals surface area (Å²) in [5.41, 5.74) is 15.7. The number of thiophene rings is 2. The minimum absolute atomic E-state index is 0. The molecule has 0 aliphatic rings. The zero-order chi connectivity index (χ0) is 39.1. The second kappa shape index (κ2) is 20.0. The molecule has 0 unspecified atom stereocenters. The fraction of sp³-hybridized carbons (Fsp3) is 0.222. The molecule has 6 aromatic rings. The molecule has 0 radical (unpaired) electrons. The third kappa shape index (κ3) is 11.3. The summed E-state index contributed by atoms with van der Waals surface area (Å²) in [7, 11) is 3.50. The van der Waals surface area contributed by atoms with E-state index in [2.05, 4.69) is 20.8 Å². The van der Waals surface area contributed by atoms with Gasteiger partial charge >= 0.3 is 0 Å². The van der Waals surface area contributed by atoms with Gasteiger partial charge in [-0.2, -0.15) is 10.2 Å². The van der Waals surface area contributed by atoms with E-state index in [-0.39, 0.29) is 61.0 Å². The molecule has 2 atom stereocenters. The summed E-state index contributed by atoms with van der Waals surface area (Å²) < 4.78 is 30.8. The van der Waals surface area contributed by atoms with E-state index in [1.165, 1.54) is 36.7 Å². The van der Waals surface area contributed by atoms with E-state index in [1.54, 1.807) is 59.9 Å². The molecule has 0 saturated heterocycles. The summed E-state index contributed by atoms with van der Waals surface area (Å²) in [6.45, 7) is 0.448. The fourth-order valence-electron chi connectivity index (χ4n) is 5.51. The summed E-state index contributed by atoms with van der Waals surface area (Å²) in [5, 5.41) is 14.8. The number of nitrogens with zero attached hydrogens (tertiary/aromatic N) is 4. The monoisotopic (exact) mass is 888 g/mol. The largest absolute Gasteiger partial charge is 0.347 e. The third-order valence-electron chi connectivity index (χ3n) is 8.10. The van der Waals surface area contributed by atoms with Gasteiger partial charge in [-0.3, -0.25) is 19.0 Å². The topological polar surface area (TPSA) is 146 Å². The third-order valence-corrected chi connectivity index (χ3v) is 11.4. The Kier molecular flexibility index (Phi) is 16.1. The quantitative estimate of drug-likeness (QED) is 0.0975. The molecular formula is C36H35Cl5F2N8O2S2. The standard InChI is InChI=1S/2C18H17Cl2FN4OS.ClH/c2*1-25-16(14(19)9-23-25)13-7-15(27-17(13)20)18(26)24-12(8-22)6-10-3-2-4-11(21)5-10;/h2*2-5,7,9,12H,6,8,22H2,1H3,(H,24,26);1H/t2*12-;/m00./s1. The van der Waals surface area contributed by atoms with Crippen molar-refractivity contribution in [2.75, 3.05) is 13.1 Å². The van der Waals surface area contributed by atoms with Crippen molar-refractivity contribution in [3.05, 3.63) is 124 Å². The van der Waals surface area contributed by atoms with Crippen LogP contribution in [0.25, 0.3) is 22.5 Å². The Morgan fingerprint density at radius 3 is 1.40 bits per heavy atom. The highest BCUT2D eigenvalue weighted by atomic mass is 35.5. The SMILES string of the molecule is Cl.Cn1ncc(Cl)c1-c1cc(C(=O)N[C@H](CN)Cc2cccc(F)c2)sc1Cl.Cn1ncc(Cl)c1-c1cc(C(=O)N[C@H](CN)Cc2cccc(F)c2)sc1Cl. The van der Waals surface area contributed by atoms with Gasteiger partial charge in [0.2, 0.25) is 0 Å². The molecule has 55 heavy (non-hydrogen) atoms. The Hall–Kier alpha value is -3.57. The fourth-order valence-corrected chi connectivity index (χ4v) is 8.40. The van der Waals surface area contributed by atoms with Crippen LogP contribution in [0, 0.1) is 11.6 Å². The van der Waals surface area contributed by atoms with Crippen molar-refractivity contribution < 1.29 is 18.4 Å². The first-order valence-electron chi connectivity index (χ1n) is 16.2. The molecule has 6 rings (SSSR count). The van der Waals surface area contributed by atoms with Crippen molar-refractivity contribution in [1.82, 2.24) is 30.2 Å². The molecule has 6 N–H and O–H groups in total. The molecule has 2 aromatic carbocycles. The Labute approximate surface area is 350 Å². The second-order valence-corrected chi connectivity index (χ2v) is 16.1. The van der Waals surface area contributed by atoms with Crippen LogP contribution >= 0.6 is 81.5 Å². The van der Waals surface area contributed by atoms with Crippen LogP contribution < -0.4 is 22.1 Å². The number of aromatic nitrogens is 4. The first-order chi connectivity index (χ1) is 25.8. The van der Waals surface area contributed by atoms with Gasteiger partial charge in [-0.25, -0.2) is 8.78 Å². The molecule has 2 amide bonds. The van der Waals surface area contributed by atoms with E-state index < -0.39 is 0 Å². The van der Waals surface area contributed by atoms with Crippen molar-refractivity contribution in [3.63, 3.8) is 0 Å². The van der Waals surface area contributed by atoms with Gasteiger partial charge in [-0.15, -0.1) is 35.1 Å². The van der Waals surface area contributed by atoms with Crippen LogP contribution in [0.15, 0.2) is 73.1 Å². The Balaban J connectivity index is 0.000000240. The normalized spacial score (nSPS) is 12.0. The number of carbonyl (C=O) groups excluding carboxylic acids is 2. The van der Waals surface area contributed by atoms with Crippen molar-refractivity contribution >= 4 is 93.3 Å². The minimum atomic E-state index is -0.330. The lowest BCUT2D eigenvalue weighted by atomic mass is 10.1. The van der Waals surface area contributed by atoms with E-state index in [9.17, 15) is 18.4 Å². The lowest BCUT2D eigenvalue weighted by molar-refractivity contribution is 0.0933. The molecule has 4 heterocycles. The number of rotatable bonds is 12. The van der Waals surface area contributed by atoms with Crippen LogP contribution in [0.3, 0.4) is 0 Å². The predicted octanol–water partition coefficient (Wildman–Crippen LogP) is 8.21. The van der Waals surface area contributed by atoms with E-state index in [4.69, 9.17) is 57.9 Å². The molecule has 0 fully saturated rings. The summed E-state index contributed by atoms with van der Waals surface area (Å²) >= 11 is 27.3. The number of amides is 2. The van der Waals surface area contributed by atoms with Crippen LogP contribution in [-0.2, 0) is 26.9 Å². The first kappa shape index (κ1) is 44.1. The van der Waals surface area contributed by atoms with Gasteiger partial charge in [0.25, 0.3) is 11.8 Å². The summed E-state index contributed by atoms with van der Waals surface area (Å²) in [6.07, 6.45) is 3.90. The second-order valence-electron chi connectivity index (χ2n) is 12.0. The number of hydrogen-bond donors (Lipinski definition) is 4. The molecule has 10 nitrogen and oxygen atoms in total. The van der Waals surface area contributed by atoms with Crippen LogP contribution in [0.4, 0.5) is 8.78 Å². The Bertz CT molecular complexity index is 2060. The van der Waals surface area contributed by atoms with E-state index in [0.29, 0.717) is 63.8 Å². The first-order valence-corrected chi connectivity index (χ1v) is 19.4. The van der Waals surface area contributed by atoms with Crippen LogP contribution in [0.5, 0.6) is 0 Å². The van der Waals surface area contributed by atoms with Crippen LogP contribution in [0.2, 0.25) is 18.7 Å². The molecule has 4 aromatic heterocycles. The van der Waals surface area contributed by atoms with Gasteiger partial charge in [-0.05, 0) is 60.4 Å². The number of benzene rings is 2. The van der Waals surface area contributed by atoms with E-state index in [1.807, 2.05) is 0 Å². The number of halogens is 7. The predicted molar refractivity (Wildman–Crippen MR) is 221 cm³/mol. The molecule has 0 saturated carbocycles. The number of aryl methyl sites for hydroxylation is 2. The number of hydrogen-bond acceptors (Lipinski definition) is 8. The zero-order valence-corrected chi connectivity index (χ0v) is 34.6. The molecule has 19 heteroatoms. The maximum absolute atomic E-state index is 13.3. The average Bonchev–Trinajstić information content (AvgIpc) is 3.89. The maximum Gasteiger partial charge on any atom is 0.261 e. The zero-order valence-electron chi connectivity index (χ0n) is 29.2. The highest BCUT2D eigenvalue weighted by molar-refractivity contribution is 7.19. The lowest BCUT2D eigenvalue weighted by Crippen LogP contribution is -2.41. The number of nitrogens with one attached hydrogen (secondary N) is 2. The molecule has 0 spiro atoms. The average molecular weight is 891 g/mol. The smallest absolute Gasteiger partial charge is 0.261 e. The Morgan fingerprint density at radius 1 is 0.709 bits per heavy atom. The van der Waals surface area contributed by atoms with Gasteiger partial charge in [0.1, 0.15) is 20.3 Å². The summed E-state index contributed by atoms with van der Waals surface area (Å²) in [6, 6.07) is 15.2. The maximum atomic E-state index is 13.3.